The van der Waals surface area contributed by atoms with Gasteiger partial charge in [-0.25, -0.2) is 0 Å². The maximum atomic E-state index is 12.7. The number of ether oxygens (including phenoxy) is 1. The largest absolute Gasteiger partial charge is 0.489 e. The summed E-state index contributed by atoms with van der Waals surface area (Å²) in [7, 11) is 0. The molecule has 1 N–H and O–H groups in total. The van der Waals surface area contributed by atoms with Crippen molar-refractivity contribution in [3.05, 3.63) is 94.5 Å². The number of nitrogens with one attached hydrogen (secondary N) is 1. The summed E-state index contributed by atoms with van der Waals surface area (Å²) in [4.78, 5) is 12.7. The van der Waals surface area contributed by atoms with E-state index in [2.05, 4.69) is 5.32 Å². The zero-order valence-electron chi connectivity index (χ0n) is 13.8. The summed E-state index contributed by atoms with van der Waals surface area (Å²) in [5.41, 5.74) is 3.01. The summed E-state index contributed by atoms with van der Waals surface area (Å²) in [5.74, 6) is 0.553. The van der Waals surface area contributed by atoms with Crippen molar-refractivity contribution >= 4 is 23.2 Å². The van der Waals surface area contributed by atoms with E-state index in [1.54, 1.807) is 12.1 Å². The Labute approximate surface area is 152 Å². The first-order valence-corrected chi connectivity index (χ1v) is 8.34. The highest BCUT2D eigenvalue weighted by Gasteiger charge is 2.13. The molecule has 0 radical (unpaired) electrons. The van der Waals surface area contributed by atoms with Crippen LogP contribution in [0, 0.1) is 6.92 Å². The average Bonchev–Trinajstić information content (AvgIpc) is 2.63. The molecule has 0 heterocycles. The number of amides is 1. The summed E-state index contributed by atoms with van der Waals surface area (Å²) in [6, 6.07) is 22.4. The maximum Gasteiger partial charge on any atom is 0.256 e. The second-order valence-electron chi connectivity index (χ2n) is 5.70. The number of aryl methyl sites for hydroxylation is 1. The number of benzene rings is 3. The average molecular weight is 352 g/mol. The van der Waals surface area contributed by atoms with Gasteiger partial charge in [0.05, 0.1) is 10.7 Å². The molecular weight excluding hydrogens is 334 g/mol. The predicted molar refractivity (Wildman–Crippen MR) is 101 cm³/mol. The van der Waals surface area contributed by atoms with E-state index >= 15 is 0 Å². The summed E-state index contributed by atoms with van der Waals surface area (Å²) in [5, 5.41) is 3.39. The van der Waals surface area contributed by atoms with Crippen LogP contribution in [0.5, 0.6) is 5.75 Å². The molecule has 0 aliphatic carbocycles. The van der Waals surface area contributed by atoms with E-state index in [1.807, 2.05) is 67.6 Å². The lowest BCUT2D eigenvalue weighted by atomic mass is 10.1. The third-order valence-electron chi connectivity index (χ3n) is 3.77. The first kappa shape index (κ1) is 17.1. The fourth-order valence-corrected chi connectivity index (χ4v) is 2.74. The van der Waals surface area contributed by atoms with Crippen molar-refractivity contribution in [3.8, 4) is 5.75 Å². The number of carbonyl (C=O) groups is 1. The Morgan fingerprint density at radius 2 is 1.72 bits per heavy atom. The Kier molecular flexibility index (Phi) is 5.36. The zero-order valence-corrected chi connectivity index (χ0v) is 14.6. The Hall–Kier alpha value is -2.78. The van der Waals surface area contributed by atoms with E-state index in [4.69, 9.17) is 16.3 Å². The minimum atomic E-state index is -0.210. The molecular formula is C21H18ClNO2. The number of carbonyl (C=O) groups excluding carboxylic acids is 1. The second kappa shape index (κ2) is 7.86. The molecule has 0 saturated carbocycles. The maximum absolute atomic E-state index is 12.7. The van der Waals surface area contributed by atoms with E-state index in [0.29, 0.717) is 22.9 Å². The van der Waals surface area contributed by atoms with E-state index in [9.17, 15) is 4.79 Å². The molecule has 0 spiro atoms. The molecule has 0 saturated heterocycles. The van der Waals surface area contributed by atoms with Crippen molar-refractivity contribution in [2.75, 3.05) is 5.32 Å². The van der Waals surface area contributed by atoms with Crippen molar-refractivity contribution in [3.63, 3.8) is 0 Å². The van der Waals surface area contributed by atoms with Crippen molar-refractivity contribution < 1.29 is 9.53 Å². The van der Waals surface area contributed by atoms with Crippen LogP contribution in [-0.4, -0.2) is 5.91 Å². The van der Waals surface area contributed by atoms with Gasteiger partial charge in [-0.15, -0.1) is 0 Å². The fourth-order valence-electron chi connectivity index (χ4n) is 2.46. The van der Waals surface area contributed by atoms with Gasteiger partial charge in [0.15, 0.2) is 0 Å². The molecule has 25 heavy (non-hydrogen) atoms. The van der Waals surface area contributed by atoms with Gasteiger partial charge in [0.2, 0.25) is 0 Å². The molecule has 0 unspecified atom stereocenters. The minimum Gasteiger partial charge on any atom is -0.489 e. The summed E-state index contributed by atoms with van der Waals surface area (Å²) < 4.78 is 5.77. The number of hydrogen-bond acceptors (Lipinski definition) is 2. The Morgan fingerprint density at radius 1 is 1.00 bits per heavy atom. The van der Waals surface area contributed by atoms with Gasteiger partial charge < -0.3 is 10.1 Å². The van der Waals surface area contributed by atoms with Gasteiger partial charge in [0, 0.05) is 11.1 Å². The van der Waals surface area contributed by atoms with E-state index in [0.717, 1.165) is 16.9 Å². The van der Waals surface area contributed by atoms with Crippen molar-refractivity contribution in [1.29, 1.82) is 0 Å². The Balaban J connectivity index is 1.76. The van der Waals surface area contributed by atoms with Crippen LogP contribution in [0.25, 0.3) is 0 Å². The van der Waals surface area contributed by atoms with Gasteiger partial charge in [-0.2, -0.15) is 0 Å². The van der Waals surface area contributed by atoms with Crippen LogP contribution in [0.1, 0.15) is 21.5 Å². The van der Waals surface area contributed by atoms with Crippen LogP contribution in [0.15, 0.2) is 72.8 Å². The highest BCUT2D eigenvalue weighted by atomic mass is 35.5. The molecule has 3 aromatic carbocycles. The molecule has 126 valence electrons. The Bertz CT molecular complexity index is 878. The summed E-state index contributed by atoms with van der Waals surface area (Å²) in [6.07, 6.45) is 0. The molecule has 0 aliphatic heterocycles. The van der Waals surface area contributed by atoms with Crippen LogP contribution in [0.3, 0.4) is 0 Å². The second-order valence-corrected chi connectivity index (χ2v) is 6.10. The molecule has 0 aromatic heterocycles. The molecule has 3 rings (SSSR count). The van der Waals surface area contributed by atoms with E-state index < -0.39 is 0 Å². The Morgan fingerprint density at radius 3 is 2.48 bits per heavy atom. The van der Waals surface area contributed by atoms with Crippen LogP contribution >= 0.6 is 11.6 Å². The molecule has 0 aliphatic rings. The van der Waals surface area contributed by atoms with Gasteiger partial charge in [-0.1, -0.05) is 54.1 Å². The zero-order chi connectivity index (χ0) is 17.6. The predicted octanol–water partition coefficient (Wildman–Crippen LogP) is 5.48. The lowest BCUT2D eigenvalue weighted by Crippen LogP contribution is -2.15. The van der Waals surface area contributed by atoms with Gasteiger partial charge in [0.25, 0.3) is 5.91 Å². The van der Waals surface area contributed by atoms with Crippen LogP contribution in [0.4, 0.5) is 5.69 Å². The number of rotatable bonds is 5. The molecule has 1 amide bonds. The van der Waals surface area contributed by atoms with Crippen molar-refractivity contribution in [1.82, 2.24) is 0 Å². The van der Waals surface area contributed by atoms with Crippen LogP contribution < -0.4 is 10.1 Å². The van der Waals surface area contributed by atoms with Gasteiger partial charge in [-0.05, 0) is 42.8 Å². The first-order chi connectivity index (χ1) is 12.1. The first-order valence-electron chi connectivity index (χ1n) is 7.97. The highest BCUT2D eigenvalue weighted by Crippen LogP contribution is 2.24. The standard InChI is InChI=1S/C21H18ClNO2/c1-15-11-12-20(19(22)13-15)23-21(24)18-10-6-5-7-16(18)14-25-17-8-3-2-4-9-17/h2-13H,14H2,1H3,(H,23,24). The van der Waals surface area contributed by atoms with Crippen LogP contribution in [0.2, 0.25) is 5.02 Å². The molecule has 0 bridgehead atoms. The lowest BCUT2D eigenvalue weighted by Gasteiger charge is -2.12. The molecule has 0 fully saturated rings. The normalized spacial score (nSPS) is 10.3. The minimum absolute atomic E-state index is 0.210. The quantitative estimate of drug-likeness (QED) is 0.661. The smallest absolute Gasteiger partial charge is 0.256 e. The SMILES string of the molecule is Cc1ccc(NC(=O)c2ccccc2COc2ccccc2)c(Cl)c1. The number of halogens is 1. The number of hydrogen-bond donors (Lipinski definition) is 1. The molecule has 4 heteroatoms. The van der Waals surface area contributed by atoms with Gasteiger partial charge in [0.1, 0.15) is 12.4 Å². The van der Waals surface area contributed by atoms with E-state index in [-0.39, 0.29) is 5.91 Å². The number of anilines is 1. The van der Waals surface area contributed by atoms with Gasteiger partial charge >= 0.3 is 0 Å². The van der Waals surface area contributed by atoms with E-state index in [1.165, 1.54) is 0 Å². The summed E-state index contributed by atoms with van der Waals surface area (Å²) in [6.45, 7) is 2.27. The molecule has 0 atom stereocenters. The highest BCUT2D eigenvalue weighted by molar-refractivity contribution is 6.34. The number of para-hydroxylation sites is 1. The lowest BCUT2D eigenvalue weighted by molar-refractivity contribution is 0.102. The topological polar surface area (TPSA) is 38.3 Å². The fraction of sp³-hybridized carbons (Fsp3) is 0.0952. The van der Waals surface area contributed by atoms with Gasteiger partial charge in [-0.3, -0.25) is 4.79 Å². The third kappa shape index (κ3) is 4.40. The van der Waals surface area contributed by atoms with Crippen molar-refractivity contribution in [2.24, 2.45) is 0 Å². The van der Waals surface area contributed by atoms with Crippen LogP contribution in [-0.2, 0) is 6.61 Å². The molecule has 3 nitrogen and oxygen atoms in total. The molecule has 3 aromatic rings. The summed E-state index contributed by atoms with van der Waals surface area (Å²) >= 11 is 6.20. The third-order valence-corrected chi connectivity index (χ3v) is 4.09. The monoisotopic (exact) mass is 351 g/mol. The van der Waals surface area contributed by atoms with Crippen molar-refractivity contribution in [2.45, 2.75) is 13.5 Å².